The van der Waals surface area contributed by atoms with Gasteiger partial charge in [0.1, 0.15) is 11.9 Å². The molecule has 1 heterocycles. The molecule has 1 atom stereocenters. The molecular formula is C28H34N4O2. The Morgan fingerprint density at radius 1 is 0.882 bits per heavy atom. The number of benzene rings is 2. The fourth-order valence-corrected chi connectivity index (χ4v) is 5.93. The Hall–Kier alpha value is -3.15. The summed E-state index contributed by atoms with van der Waals surface area (Å²) in [6.45, 7) is 0. The van der Waals surface area contributed by atoms with Crippen molar-refractivity contribution in [2.45, 2.75) is 76.3 Å². The molecule has 178 valence electrons. The van der Waals surface area contributed by atoms with Crippen LogP contribution in [0.4, 0.5) is 0 Å². The number of hydrogen-bond donors (Lipinski definition) is 2. The Labute approximate surface area is 200 Å². The first-order chi connectivity index (χ1) is 16.6. The maximum atomic E-state index is 14.0. The first-order valence-corrected chi connectivity index (χ1v) is 12.8. The van der Waals surface area contributed by atoms with Crippen molar-refractivity contribution in [1.29, 1.82) is 0 Å². The van der Waals surface area contributed by atoms with Gasteiger partial charge in [-0.25, -0.2) is 4.98 Å². The second kappa shape index (κ2) is 10.00. The standard InChI is InChI=1S/C28H34N4O2/c29-26(33)21-15-7-8-16-22(21)27-31-23-17-9-10-18-24(23)32(27)25(19-11-3-1-4-12-19)28(34)30-20-13-5-2-6-14-20/h7-10,15-20,25H,1-6,11-14H2,(H2,29,33)(H,30,34). The molecule has 2 fully saturated rings. The van der Waals surface area contributed by atoms with E-state index >= 15 is 0 Å². The fourth-order valence-electron chi connectivity index (χ4n) is 5.93. The van der Waals surface area contributed by atoms with Gasteiger partial charge in [0.2, 0.25) is 11.8 Å². The number of amides is 2. The van der Waals surface area contributed by atoms with Crippen LogP contribution in [-0.2, 0) is 4.79 Å². The monoisotopic (exact) mass is 458 g/mol. The SMILES string of the molecule is NC(=O)c1ccccc1-c1nc2ccccc2n1C(C(=O)NC1CCCCC1)C1CCCCC1. The smallest absolute Gasteiger partial charge is 0.249 e. The lowest BCUT2D eigenvalue weighted by atomic mass is 9.82. The summed E-state index contributed by atoms with van der Waals surface area (Å²) in [4.78, 5) is 31.2. The summed E-state index contributed by atoms with van der Waals surface area (Å²) < 4.78 is 2.10. The van der Waals surface area contributed by atoms with Crippen LogP contribution in [0, 0.1) is 5.92 Å². The molecule has 1 unspecified atom stereocenters. The molecule has 2 aromatic carbocycles. The quantitative estimate of drug-likeness (QED) is 0.520. The van der Waals surface area contributed by atoms with Crippen LogP contribution in [0.2, 0.25) is 0 Å². The van der Waals surface area contributed by atoms with Gasteiger partial charge >= 0.3 is 0 Å². The largest absolute Gasteiger partial charge is 0.366 e. The van der Waals surface area contributed by atoms with Gasteiger partial charge in [0.15, 0.2) is 0 Å². The molecule has 1 aromatic heterocycles. The highest BCUT2D eigenvalue weighted by Gasteiger charge is 2.35. The second-order valence-corrected chi connectivity index (χ2v) is 9.89. The Kier molecular flexibility index (Phi) is 6.66. The molecule has 6 nitrogen and oxygen atoms in total. The van der Waals surface area contributed by atoms with Crippen molar-refractivity contribution in [2.24, 2.45) is 11.7 Å². The predicted molar refractivity (Wildman–Crippen MR) is 134 cm³/mol. The van der Waals surface area contributed by atoms with Gasteiger partial charge in [-0.2, -0.15) is 0 Å². The van der Waals surface area contributed by atoms with Gasteiger partial charge in [0.25, 0.3) is 0 Å². The number of hydrogen-bond acceptors (Lipinski definition) is 3. The molecule has 0 radical (unpaired) electrons. The minimum absolute atomic E-state index is 0.0831. The third-order valence-corrected chi connectivity index (χ3v) is 7.62. The number of imidazole rings is 1. The number of nitrogens with one attached hydrogen (secondary N) is 1. The maximum absolute atomic E-state index is 14.0. The Bertz CT molecular complexity index is 1170. The molecule has 6 heteroatoms. The lowest BCUT2D eigenvalue weighted by Gasteiger charge is -2.34. The van der Waals surface area contributed by atoms with E-state index in [0.717, 1.165) is 49.6 Å². The van der Waals surface area contributed by atoms with E-state index < -0.39 is 5.91 Å². The van der Waals surface area contributed by atoms with E-state index in [2.05, 4.69) is 9.88 Å². The lowest BCUT2D eigenvalue weighted by molar-refractivity contribution is -0.127. The third kappa shape index (κ3) is 4.46. The Balaban J connectivity index is 1.66. The van der Waals surface area contributed by atoms with Crippen molar-refractivity contribution in [3.8, 4) is 11.4 Å². The summed E-state index contributed by atoms with van der Waals surface area (Å²) in [5.41, 5.74) is 8.59. The first-order valence-electron chi connectivity index (χ1n) is 12.8. The summed E-state index contributed by atoms with van der Waals surface area (Å²) >= 11 is 0. The number of carbonyl (C=O) groups is 2. The van der Waals surface area contributed by atoms with Crippen molar-refractivity contribution in [3.05, 3.63) is 54.1 Å². The summed E-state index contributed by atoms with van der Waals surface area (Å²) in [6, 6.07) is 15.1. The zero-order chi connectivity index (χ0) is 23.5. The Morgan fingerprint density at radius 2 is 1.53 bits per heavy atom. The zero-order valence-corrected chi connectivity index (χ0v) is 19.7. The number of rotatable bonds is 6. The molecule has 34 heavy (non-hydrogen) atoms. The maximum Gasteiger partial charge on any atom is 0.249 e. The van der Waals surface area contributed by atoms with E-state index in [0.29, 0.717) is 17.0 Å². The third-order valence-electron chi connectivity index (χ3n) is 7.62. The van der Waals surface area contributed by atoms with Crippen LogP contribution in [0.25, 0.3) is 22.4 Å². The van der Waals surface area contributed by atoms with Gasteiger partial charge in [0.05, 0.1) is 16.6 Å². The predicted octanol–water partition coefficient (Wildman–Crippen LogP) is 5.37. The highest BCUT2D eigenvalue weighted by Crippen LogP contribution is 2.39. The van der Waals surface area contributed by atoms with E-state index in [1.807, 2.05) is 42.5 Å². The van der Waals surface area contributed by atoms with E-state index in [9.17, 15) is 9.59 Å². The van der Waals surface area contributed by atoms with Crippen molar-refractivity contribution < 1.29 is 9.59 Å². The summed E-state index contributed by atoms with van der Waals surface area (Å²) in [5, 5.41) is 3.41. The summed E-state index contributed by atoms with van der Waals surface area (Å²) in [5.74, 6) is 0.467. The number of carbonyl (C=O) groups excluding carboxylic acids is 2. The van der Waals surface area contributed by atoms with Crippen LogP contribution in [0.15, 0.2) is 48.5 Å². The van der Waals surface area contributed by atoms with Crippen molar-refractivity contribution >= 4 is 22.8 Å². The summed E-state index contributed by atoms with van der Waals surface area (Å²) in [7, 11) is 0. The average Bonchev–Trinajstić information content (AvgIpc) is 3.24. The molecular weight excluding hydrogens is 424 g/mol. The van der Waals surface area contributed by atoms with E-state index in [-0.39, 0.29) is 23.9 Å². The van der Waals surface area contributed by atoms with Crippen molar-refractivity contribution in [1.82, 2.24) is 14.9 Å². The van der Waals surface area contributed by atoms with Crippen LogP contribution in [0.5, 0.6) is 0 Å². The number of nitrogens with two attached hydrogens (primary N) is 1. The summed E-state index contributed by atoms with van der Waals surface area (Å²) in [6.07, 6.45) is 11.2. The molecule has 5 rings (SSSR count). The molecule has 2 amide bonds. The minimum atomic E-state index is -0.491. The lowest BCUT2D eigenvalue weighted by Crippen LogP contribution is -2.43. The van der Waals surface area contributed by atoms with Gasteiger partial charge in [0, 0.05) is 11.6 Å². The minimum Gasteiger partial charge on any atom is -0.366 e. The van der Waals surface area contributed by atoms with E-state index in [1.54, 1.807) is 6.07 Å². The molecule has 3 N–H and O–H groups in total. The van der Waals surface area contributed by atoms with Crippen LogP contribution in [0.3, 0.4) is 0 Å². The number of primary amides is 1. The molecule has 2 aliphatic rings. The topological polar surface area (TPSA) is 90.0 Å². The molecule has 2 aliphatic carbocycles. The van der Waals surface area contributed by atoms with Crippen LogP contribution in [-0.4, -0.2) is 27.4 Å². The van der Waals surface area contributed by atoms with Gasteiger partial charge in [-0.1, -0.05) is 68.9 Å². The van der Waals surface area contributed by atoms with E-state index in [1.165, 1.54) is 25.7 Å². The van der Waals surface area contributed by atoms with Crippen molar-refractivity contribution in [2.75, 3.05) is 0 Å². The van der Waals surface area contributed by atoms with Gasteiger partial charge < -0.3 is 15.6 Å². The highest BCUT2D eigenvalue weighted by atomic mass is 16.2. The van der Waals surface area contributed by atoms with Crippen LogP contribution < -0.4 is 11.1 Å². The molecule has 0 spiro atoms. The molecule has 0 aliphatic heterocycles. The molecule has 3 aromatic rings. The number of aromatic nitrogens is 2. The van der Waals surface area contributed by atoms with Crippen LogP contribution >= 0.6 is 0 Å². The molecule has 2 saturated carbocycles. The van der Waals surface area contributed by atoms with Gasteiger partial charge in [-0.3, -0.25) is 9.59 Å². The fraction of sp³-hybridized carbons (Fsp3) is 0.464. The van der Waals surface area contributed by atoms with E-state index in [4.69, 9.17) is 10.7 Å². The first kappa shape index (κ1) is 22.6. The van der Waals surface area contributed by atoms with Crippen molar-refractivity contribution in [3.63, 3.8) is 0 Å². The normalized spacial score (nSPS) is 18.6. The average molecular weight is 459 g/mol. The molecule has 0 bridgehead atoms. The molecule has 0 saturated heterocycles. The number of nitrogens with zero attached hydrogens (tertiary/aromatic N) is 2. The number of para-hydroxylation sites is 2. The second-order valence-electron chi connectivity index (χ2n) is 9.89. The van der Waals surface area contributed by atoms with Gasteiger partial charge in [-0.15, -0.1) is 0 Å². The zero-order valence-electron chi connectivity index (χ0n) is 19.7. The van der Waals surface area contributed by atoms with Crippen LogP contribution in [0.1, 0.15) is 80.6 Å². The highest BCUT2D eigenvalue weighted by molar-refractivity contribution is 6.00. The Morgan fingerprint density at radius 3 is 2.26 bits per heavy atom. The number of fused-ring (bicyclic) bond motifs is 1. The van der Waals surface area contributed by atoms with Gasteiger partial charge in [-0.05, 0) is 49.8 Å².